The summed E-state index contributed by atoms with van der Waals surface area (Å²) in [6, 6.07) is 7.84. The van der Waals surface area contributed by atoms with Crippen molar-refractivity contribution in [2.24, 2.45) is 5.73 Å². The molecule has 0 spiro atoms. The fourth-order valence-corrected chi connectivity index (χ4v) is 3.61. The maximum absolute atomic E-state index is 5.65. The molecule has 7 nitrogen and oxygen atoms in total. The lowest BCUT2D eigenvalue weighted by Gasteiger charge is -2.12. The Bertz CT molecular complexity index is 967. The molecule has 0 amide bonds. The summed E-state index contributed by atoms with van der Waals surface area (Å²) in [5, 5.41) is 8.36. The average Bonchev–Trinajstić information content (AvgIpc) is 3.33. The zero-order valence-electron chi connectivity index (χ0n) is 15.8. The van der Waals surface area contributed by atoms with Gasteiger partial charge in [0.2, 0.25) is 0 Å². The quantitative estimate of drug-likeness (QED) is 0.625. The van der Waals surface area contributed by atoms with E-state index in [4.69, 9.17) is 25.3 Å². The summed E-state index contributed by atoms with van der Waals surface area (Å²) in [5.41, 5.74) is 10.8. The number of hydrogen-bond donors (Lipinski definition) is 2. The molecule has 0 atom stereocenters. The molecule has 0 bridgehead atoms. The number of ether oxygens (including phenoxy) is 2. The second-order valence-corrected chi connectivity index (χ2v) is 6.68. The molecule has 7 heteroatoms. The number of nitrogens with one attached hydrogen (secondary N) is 1. The number of aryl methyl sites for hydroxylation is 1. The standard InChI is InChI=1S/C20H25N5O2/c1-26-17-8-7-13(11-18(17)27-2)16-12-19-23-15-6-3-5-14(15)20(25(19)24-16)22-10-4-9-21/h7-8,11-12,22H,3-6,9-10,21H2,1-2H3. The van der Waals surface area contributed by atoms with Gasteiger partial charge in [-0.15, -0.1) is 0 Å². The Hall–Kier alpha value is -2.80. The van der Waals surface area contributed by atoms with Crippen LogP contribution in [0.2, 0.25) is 0 Å². The maximum atomic E-state index is 5.65. The Morgan fingerprint density at radius 3 is 2.78 bits per heavy atom. The van der Waals surface area contributed by atoms with Crippen molar-refractivity contribution in [2.45, 2.75) is 25.7 Å². The number of hydrogen-bond acceptors (Lipinski definition) is 6. The minimum absolute atomic E-state index is 0.666. The lowest BCUT2D eigenvalue weighted by Crippen LogP contribution is -2.14. The largest absolute Gasteiger partial charge is 0.493 e. The van der Waals surface area contributed by atoms with Crippen LogP contribution in [0.3, 0.4) is 0 Å². The number of nitrogens with two attached hydrogens (primary N) is 1. The predicted molar refractivity (Wildman–Crippen MR) is 106 cm³/mol. The molecule has 1 aliphatic carbocycles. The number of anilines is 1. The molecule has 4 rings (SSSR count). The summed E-state index contributed by atoms with van der Waals surface area (Å²) < 4.78 is 12.7. The van der Waals surface area contributed by atoms with Crippen molar-refractivity contribution in [1.82, 2.24) is 14.6 Å². The van der Waals surface area contributed by atoms with Crippen molar-refractivity contribution < 1.29 is 9.47 Å². The van der Waals surface area contributed by atoms with Crippen LogP contribution in [0.25, 0.3) is 16.9 Å². The van der Waals surface area contributed by atoms with E-state index in [2.05, 4.69) is 5.32 Å². The first-order valence-corrected chi connectivity index (χ1v) is 9.33. The van der Waals surface area contributed by atoms with Crippen LogP contribution in [0.1, 0.15) is 24.1 Å². The van der Waals surface area contributed by atoms with Gasteiger partial charge in [-0.05, 0) is 50.4 Å². The van der Waals surface area contributed by atoms with Crippen molar-refractivity contribution in [3.63, 3.8) is 0 Å². The van der Waals surface area contributed by atoms with Crippen LogP contribution in [-0.4, -0.2) is 41.9 Å². The van der Waals surface area contributed by atoms with E-state index in [1.54, 1.807) is 14.2 Å². The number of aromatic nitrogens is 3. The van der Waals surface area contributed by atoms with E-state index in [1.165, 1.54) is 11.3 Å². The van der Waals surface area contributed by atoms with Gasteiger partial charge in [-0.2, -0.15) is 9.61 Å². The van der Waals surface area contributed by atoms with Crippen LogP contribution >= 0.6 is 0 Å². The van der Waals surface area contributed by atoms with Crippen LogP contribution < -0.4 is 20.5 Å². The Balaban J connectivity index is 1.79. The molecule has 0 saturated heterocycles. The van der Waals surface area contributed by atoms with Crippen molar-refractivity contribution >= 4 is 11.5 Å². The topological polar surface area (TPSA) is 86.7 Å². The van der Waals surface area contributed by atoms with Gasteiger partial charge in [-0.1, -0.05) is 0 Å². The van der Waals surface area contributed by atoms with Crippen molar-refractivity contribution in [1.29, 1.82) is 0 Å². The van der Waals surface area contributed by atoms with Crippen LogP contribution in [0.5, 0.6) is 11.5 Å². The molecule has 0 aliphatic heterocycles. The molecule has 1 aromatic carbocycles. The van der Waals surface area contributed by atoms with Gasteiger partial charge in [-0.3, -0.25) is 0 Å². The van der Waals surface area contributed by atoms with Crippen LogP contribution in [0.15, 0.2) is 24.3 Å². The highest BCUT2D eigenvalue weighted by molar-refractivity contribution is 5.69. The monoisotopic (exact) mass is 367 g/mol. The molecule has 0 unspecified atom stereocenters. The van der Waals surface area contributed by atoms with Crippen LogP contribution in [0.4, 0.5) is 5.82 Å². The third-order valence-electron chi connectivity index (χ3n) is 4.98. The Morgan fingerprint density at radius 2 is 2.00 bits per heavy atom. The van der Waals surface area contributed by atoms with E-state index in [0.29, 0.717) is 18.0 Å². The van der Waals surface area contributed by atoms with Gasteiger partial charge in [0.15, 0.2) is 17.1 Å². The van der Waals surface area contributed by atoms with Gasteiger partial charge in [-0.25, -0.2) is 4.98 Å². The van der Waals surface area contributed by atoms with E-state index in [0.717, 1.165) is 55.0 Å². The van der Waals surface area contributed by atoms with Crippen molar-refractivity contribution in [2.75, 3.05) is 32.6 Å². The predicted octanol–water partition coefficient (Wildman–Crippen LogP) is 2.66. The Morgan fingerprint density at radius 1 is 1.15 bits per heavy atom. The first-order chi connectivity index (χ1) is 13.2. The molecule has 0 fully saturated rings. The number of nitrogens with zero attached hydrogens (tertiary/aromatic N) is 3. The van der Waals surface area contributed by atoms with Crippen molar-refractivity contribution in [3.8, 4) is 22.8 Å². The van der Waals surface area contributed by atoms with E-state index < -0.39 is 0 Å². The van der Waals surface area contributed by atoms with Gasteiger partial charge >= 0.3 is 0 Å². The van der Waals surface area contributed by atoms with Gasteiger partial charge in [0.1, 0.15) is 5.82 Å². The molecule has 27 heavy (non-hydrogen) atoms. The fraction of sp³-hybridized carbons (Fsp3) is 0.400. The number of rotatable bonds is 7. The minimum Gasteiger partial charge on any atom is -0.493 e. The summed E-state index contributed by atoms with van der Waals surface area (Å²) in [5.74, 6) is 2.43. The second-order valence-electron chi connectivity index (χ2n) is 6.68. The summed E-state index contributed by atoms with van der Waals surface area (Å²) in [7, 11) is 3.27. The van der Waals surface area contributed by atoms with Gasteiger partial charge < -0.3 is 20.5 Å². The van der Waals surface area contributed by atoms with Crippen LogP contribution in [0, 0.1) is 0 Å². The molecule has 3 aromatic rings. The summed E-state index contributed by atoms with van der Waals surface area (Å²) >= 11 is 0. The van der Waals surface area contributed by atoms with Gasteiger partial charge in [0.05, 0.1) is 19.9 Å². The molecule has 0 saturated carbocycles. The van der Waals surface area contributed by atoms with E-state index in [-0.39, 0.29) is 0 Å². The third-order valence-corrected chi connectivity index (χ3v) is 4.98. The number of fused-ring (bicyclic) bond motifs is 2. The molecule has 2 aromatic heterocycles. The smallest absolute Gasteiger partial charge is 0.161 e. The minimum atomic E-state index is 0.666. The number of methoxy groups -OCH3 is 2. The highest BCUT2D eigenvalue weighted by Gasteiger charge is 2.21. The first kappa shape index (κ1) is 17.6. The van der Waals surface area contributed by atoms with E-state index in [9.17, 15) is 0 Å². The SMILES string of the molecule is COc1ccc(-c2cc3nc4c(c(NCCCN)n3n2)CCC4)cc1OC. The summed E-state index contributed by atoms with van der Waals surface area (Å²) in [4.78, 5) is 4.85. The molecule has 142 valence electrons. The average molecular weight is 367 g/mol. The van der Waals surface area contributed by atoms with E-state index >= 15 is 0 Å². The Kier molecular flexibility index (Phi) is 4.85. The Labute approximate surface area is 158 Å². The molecule has 1 aliphatic rings. The summed E-state index contributed by atoms with van der Waals surface area (Å²) in [6.45, 7) is 1.49. The van der Waals surface area contributed by atoms with Crippen LogP contribution in [-0.2, 0) is 12.8 Å². The van der Waals surface area contributed by atoms with Gasteiger partial charge in [0, 0.05) is 29.4 Å². The van der Waals surface area contributed by atoms with Crippen molar-refractivity contribution in [3.05, 3.63) is 35.5 Å². The zero-order chi connectivity index (χ0) is 18.8. The molecule has 0 radical (unpaired) electrons. The molecule has 2 heterocycles. The van der Waals surface area contributed by atoms with E-state index in [1.807, 2.05) is 28.8 Å². The second kappa shape index (κ2) is 7.44. The molecular formula is C20H25N5O2. The highest BCUT2D eigenvalue weighted by Crippen LogP contribution is 2.34. The third kappa shape index (κ3) is 3.19. The maximum Gasteiger partial charge on any atom is 0.161 e. The summed E-state index contributed by atoms with van der Waals surface area (Å²) in [6.07, 6.45) is 4.12. The normalized spacial score (nSPS) is 13.0. The lowest BCUT2D eigenvalue weighted by molar-refractivity contribution is 0.355. The highest BCUT2D eigenvalue weighted by atomic mass is 16.5. The number of benzene rings is 1. The first-order valence-electron chi connectivity index (χ1n) is 9.33. The molecular weight excluding hydrogens is 342 g/mol. The van der Waals surface area contributed by atoms with Gasteiger partial charge in [0.25, 0.3) is 0 Å². The molecule has 3 N–H and O–H groups in total. The lowest BCUT2D eigenvalue weighted by atomic mass is 10.1. The zero-order valence-corrected chi connectivity index (χ0v) is 15.8. The fourth-order valence-electron chi connectivity index (χ4n) is 3.61.